The first kappa shape index (κ1) is 31.5. The number of aryl methyl sites for hydroxylation is 4. The van der Waals surface area contributed by atoms with Gasteiger partial charge in [-0.2, -0.15) is 0 Å². The molecule has 8 rings (SSSR count). The van der Waals surface area contributed by atoms with Crippen molar-refractivity contribution in [3.63, 3.8) is 0 Å². The molecule has 4 heteroatoms. The Morgan fingerprint density at radius 2 is 0.735 bits per heavy atom. The Hall–Kier alpha value is -4.74. The first-order chi connectivity index (χ1) is 24.0. The Bertz CT molecular complexity index is 2130. The normalized spacial score (nSPS) is 15.6. The molecule has 2 nitrogen and oxygen atoms in total. The lowest BCUT2D eigenvalue weighted by Crippen LogP contribution is -2.06. The van der Waals surface area contributed by atoms with Crippen molar-refractivity contribution in [3.8, 4) is 55.5 Å². The third kappa shape index (κ3) is 5.84. The van der Waals surface area contributed by atoms with Gasteiger partial charge in [0.15, 0.2) is 0 Å². The fourth-order valence-electron chi connectivity index (χ4n) is 7.46. The lowest BCUT2D eigenvalue weighted by Gasteiger charge is -2.19. The topological polar surface area (TPSA) is 18.5 Å². The monoisotopic (exact) mass is 674 g/mol. The molecule has 0 saturated carbocycles. The van der Waals surface area contributed by atoms with E-state index in [0.29, 0.717) is 16.4 Å². The van der Waals surface area contributed by atoms with E-state index in [4.69, 9.17) is 9.47 Å². The second-order valence-corrected chi connectivity index (χ2v) is 15.2. The molecule has 0 spiro atoms. The quantitative estimate of drug-likeness (QED) is 0.160. The van der Waals surface area contributed by atoms with E-state index in [1.807, 2.05) is 0 Å². The van der Waals surface area contributed by atoms with Crippen molar-refractivity contribution in [2.45, 2.75) is 46.3 Å². The molecule has 0 saturated heterocycles. The van der Waals surface area contributed by atoms with E-state index < -0.39 is 0 Å². The minimum Gasteiger partial charge on any atom is -0.481 e. The predicted molar refractivity (Wildman–Crippen MR) is 210 cm³/mol. The number of hydrogen-bond acceptors (Lipinski definition) is 2. The molecule has 4 atom stereocenters. The van der Waals surface area contributed by atoms with E-state index in [9.17, 15) is 0 Å². The summed E-state index contributed by atoms with van der Waals surface area (Å²) in [4.78, 5) is 0. The largest absolute Gasteiger partial charge is 0.481 e. The summed E-state index contributed by atoms with van der Waals surface area (Å²) >= 11 is 0. The van der Waals surface area contributed by atoms with Gasteiger partial charge in [0.1, 0.15) is 23.2 Å². The molecule has 2 heterocycles. The van der Waals surface area contributed by atoms with E-state index in [1.54, 1.807) is 0 Å². The maximum Gasteiger partial charge on any atom is 0.143 e. The summed E-state index contributed by atoms with van der Waals surface area (Å²) in [5.41, 5.74) is 19.7. The number of benzene rings is 5. The third-order valence-corrected chi connectivity index (χ3v) is 12.2. The van der Waals surface area contributed by atoms with Crippen molar-refractivity contribution in [1.29, 1.82) is 0 Å². The van der Waals surface area contributed by atoms with Crippen LogP contribution in [0.1, 0.15) is 52.0 Å². The molecular weight excluding hydrogens is 634 g/mol. The van der Waals surface area contributed by atoms with Crippen LogP contribution >= 0.6 is 16.4 Å². The zero-order valence-electron chi connectivity index (χ0n) is 28.4. The van der Waals surface area contributed by atoms with Gasteiger partial charge in [0.25, 0.3) is 0 Å². The molecule has 2 aromatic heterocycles. The average Bonchev–Trinajstić information content (AvgIpc) is 3.82. The van der Waals surface area contributed by atoms with Crippen LogP contribution in [-0.2, 0) is 0 Å². The molecule has 0 aliphatic heterocycles. The summed E-state index contributed by atoms with van der Waals surface area (Å²) < 4.78 is 14.4. The van der Waals surface area contributed by atoms with Gasteiger partial charge < -0.3 is 9.47 Å². The summed E-state index contributed by atoms with van der Waals surface area (Å²) in [6.45, 7) is 8.80. The highest BCUT2D eigenvalue weighted by Gasteiger charge is 2.36. The van der Waals surface area contributed by atoms with Crippen LogP contribution in [0.2, 0.25) is 0 Å². The molecule has 1 aliphatic rings. The summed E-state index contributed by atoms with van der Waals surface area (Å²) in [7, 11) is 0.919. The van der Waals surface area contributed by atoms with Crippen LogP contribution in [-0.4, -0.2) is 0 Å². The average molecular weight is 675 g/mol. The van der Waals surface area contributed by atoms with Crippen molar-refractivity contribution < 1.29 is 9.47 Å². The highest BCUT2D eigenvalue weighted by Crippen LogP contribution is 2.55. The van der Waals surface area contributed by atoms with Gasteiger partial charge in [0, 0.05) is 17.5 Å². The van der Waals surface area contributed by atoms with E-state index in [-0.39, 0.29) is 12.2 Å². The number of rotatable bonds is 8. The van der Waals surface area contributed by atoms with E-state index >= 15 is 0 Å². The number of hydrogen-bond donors (Lipinski definition) is 0. The Kier molecular flexibility index (Phi) is 8.55. The summed E-state index contributed by atoms with van der Waals surface area (Å²) in [5, 5.41) is 0. The van der Waals surface area contributed by atoms with E-state index in [0.717, 1.165) is 17.4 Å². The van der Waals surface area contributed by atoms with Crippen LogP contribution in [0.5, 0.6) is 11.0 Å². The number of fused-ring (bicyclic) bond motifs is 1. The molecule has 242 valence electrons. The van der Waals surface area contributed by atoms with Gasteiger partial charge >= 0.3 is 0 Å². The standard InChI is InChI=1S/C45H40O2P2/c1-28-15-5-9-19-32(28)38-26-48-44(42(38)34-21-11-7-17-30(34)3)46-40-25-41(37-24-14-13-23-36(37)40)47-45-43(35-22-12-8-18-31(35)4)39(27-49-45)33-20-10-6-16-29(33)2/h5-24,26-27,40-41,48-49H,25H2,1-4H3. The third-order valence-electron chi connectivity index (χ3n) is 10.0. The lowest BCUT2D eigenvalue weighted by molar-refractivity contribution is 0.143. The molecule has 1 aliphatic carbocycles. The molecule has 0 amide bonds. The molecule has 0 fully saturated rings. The summed E-state index contributed by atoms with van der Waals surface area (Å²) in [6.07, 6.45) is 0.578. The van der Waals surface area contributed by atoms with Crippen LogP contribution < -0.4 is 9.47 Å². The first-order valence-electron chi connectivity index (χ1n) is 17.1. The zero-order chi connectivity index (χ0) is 33.5. The fourth-order valence-corrected chi connectivity index (χ4v) is 9.86. The molecule has 0 radical (unpaired) electrons. The second kappa shape index (κ2) is 13.3. The Morgan fingerprint density at radius 1 is 0.408 bits per heavy atom. The number of ether oxygens (including phenoxy) is 2. The smallest absolute Gasteiger partial charge is 0.143 e. The zero-order valence-corrected chi connectivity index (χ0v) is 30.4. The van der Waals surface area contributed by atoms with Crippen molar-refractivity contribution in [2.24, 2.45) is 0 Å². The van der Waals surface area contributed by atoms with Gasteiger partial charge in [-0.15, -0.1) is 0 Å². The van der Waals surface area contributed by atoms with Crippen LogP contribution in [0.15, 0.2) is 133 Å². The van der Waals surface area contributed by atoms with Crippen molar-refractivity contribution >= 4 is 16.4 Å². The summed E-state index contributed by atoms with van der Waals surface area (Å²) in [6, 6.07) is 43.5. The molecule has 5 aromatic carbocycles. The minimum atomic E-state index is -0.0941. The van der Waals surface area contributed by atoms with Gasteiger partial charge in [-0.1, -0.05) is 138 Å². The Labute approximate surface area is 293 Å². The van der Waals surface area contributed by atoms with Gasteiger partial charge in [-0.3, -0.25) is 0 Å². The molecular formula is C45H40O2P2. The maximum atomic E-state index is 7.18. The highest BCUT2D eigenvalue weighted by atomic mass is 31.0. The molecule has 0 N–H and O–H groups in total. The van der Waals surface area contributed by atoms with E-state index in [1.165, 1.54) is 77.9 Å². The molecule has 4 unspecified atom stereocenters. The molecule has 7 aromatic rings. The SMILES string of the molecule is Cc1ccccc1-c1c[pH]c(OC2CC(Oc3[pH]cc(-c4ccccc4C)c3-c3ccccc3C)c3ccccc32)c1-c1ccccc1C. The fraction of sp³-hybridized carbons (Fsp3) is 0.156. The van der Waals surface area contributed by atoms with Crippen molar-refractivity contribution in [1.82, 2.24) is 0 Å². The van der Waals surface area contributed by atoms with Gasteiger partial charge in [0.2, 0.25) is 0 Å². The van der Waals surface area contributed by atoms with Crippen LogP contribution in [0.25, 0.3) is 44.5 Å². The minimum absolute atomic E-state index is 0.0941. The van der Waals surface area contributed by atoms with Gasteiger partial charge in [-0.25, -0.2) is 0 Å². The van der Waals surface area contributed by atoms with Crippen molar-refractivity contribution in [2.75, 3.05) is 0 Å². The van der Waals surface area contributed by atoms with Gasteiger partial charge in [-0.05, 0) is 106 Å². The van der Waals surface area contributed by atoms with E-state index in [2.05, 4.69) is 161 Å². The van der Waals surface area contributed by atoms with Crippen molar-refractivity contribution in [3.05, 3.63) is 166 Å². The second-order valence-electron chi connectivity index (χ2n) is 13.2. The van der Waals surface area contributed by atoms with Crippen LogP contribution in [0, 0.1) is 27.7 Å². The van der Waals surface area contributed by atoms with Gasteiger partial charge in [0.05, 0.1) is 0 Å². The Balaban J connectivity index is 1.18. The highest BCUT2D eigenvalue weighted by molar-refractivity contribution is 7.33. The predicted octanol–water partition coefficient (Wildman–Crippen LogP) is 13.3. The van der Waals surface area contributed by atoms with Crippen LogP contribution in [0.4, 0.5) is 0 Å². The molecule has 49 heavy (non-hydrogen) atoms. The van der Waals surface area contributed by atoms with Crippen LogP contribution in [0.3, 0.4) is 0 Å². The summed E-state index contributed by atoms with van der Waals surface area (Å²) in [5.74, 6) is 4.76. The first-order valence-corrected chi connectivity index (χ1v) is 19.2. The maximum absolute atomic E-state index is 7.18. The molecule has 0 bridgehead atoms. The Morgan fingerprint density at radius 3 is 1.10 bits per heavy atom. The lowest BCUT2D eigenvalue weighted by atomic mass is 9.93.